The van der Waals surface area contributed by atoms with E-state index in [0.29, 0.717) is 19.1 Å². The molecule has 1 saturated heterocycles. The number of nitrogens with zero attached hydrogens (tertiary/aromatic N) is 2. The summed E-state index contributed by atoms with van der Waals surface area (Å²) in [6, 6.07) is 10.1. The molecule has 3 rings (SSSR count). The number of rotatable bonds is 7. The summed E-state index contributed by atoms with van der Waals surface area (Å²) in [5, 5.41) is 2.85. The van der Waals surface area contributed by atoms with E-state index < -0.39 is 6.10 Å². The van der Waals surface area contributed by atoms with Crippen LogP contribution in [0.3, 0.4) is 0 Å². The number of amides is 1. The molecule has 1 aromatic carbocycles. The molecule has 25 heavy (non-hydrogen) atoms. The number of hydrogen-bond acceptors (Lipinski definition) is 4. The van der Waals surface area contributed by atoms with E-state index in [2.05, 4.69) is 10.3 Å². The Morgan fingerprint density at radius 1 is 1.40 bits per heavy atom. The highest BCUT2D eigenvalue weighted by Crippen LogP contribution is 2.14. The van der Waals surface area contributed by atoms with E-state index in [1.54, 1.807) is 13.1 Å². The zero-order chi connectivity index (χ0) is 17.5. The molecule has 1 N–H and O–H groups in total. The van der Waals surface area contributed by atoms with Crippen LogP contribution < -0.4 is 5.32 Å². The van der Waals surface area contributed by atoms with Crippen molar-refractivity contribution in [3.8, 4) is 0 Å². The van der Waals surface area contributed by atoms with Crippen LogP contribution in [0.15, 0.2) is 42.7 Å². The lowest BCUT2D eigenvalue weighted by molar-refractivity contribution is -0.130. The largest absolute Gasteiger partial charge is 0.376 e. The van der Waals surface area contributed by atoms with E-state index in [0.717, 1.165) is 31.4 Å². The molecule has 0 spiro atoms. The van der Waals surface area contributed by atoms with Gasteiger partial charge in [0.05, 0.1) is 19.3 Å². The first-order chi connectivity index (χ1) is 12.2. The Hall–Kier alpha value is -2.18. The standard InChI is InChI=1S/C19H25N3O3/c1-15(25-14-17-9-5-6-12-24-17)18(23)21-19-20-10-11-22(19)13-16-7-3-2-4-8-16/h2-4,7-8,10-11,15,17H,5-6,9,12-14H2,1H3,(H,20,21,23). The lowest BCUT2D eigenvalue weighted by atomic mass is 10.1. The maximum atomic E-state index is 12.4. The monoisotopic (exact) mass is 343 g/mol. The predicted molar refractivity (Wildman–Crippen MR) is 95.4 cm³/mol. The first-order valence-corrected chi connectivity index (χ1v) is 8.81. The highest BCUT2D eigenvalue weighted by molar-refractivity contribution is 5.92. The Morgan fingerprint density at radius 3 is 3.00 bits per heavy atom. The molecular formula is C19H25N3O3. The average Bonchev–Trinajstić information content (AvgIpc) is 3.08. The third kappa shape index (κ3) is 5.14. The van der Waals surface area contributed by atoms with Crippen molar-refractivity contribution >= 4 is 11.9 Å². The second-order valence-electron chi connectivity index (χ2n) is 6.32. The Bertz CT molecular complexity index is 666. The second-order valence-corrected chi connectivity index (χ2v) is 6.32. The van der Waals surface area contributed by atoms with Gasteiger partial charge in [0.1, 0.15) is 6.10 Å². The predicted octanol–water partition coefficient (Wildman–Crippen LogP) is 2.84. The molecule has 1 fully saturated rings. The molecule has 2 unspecified atom stereocenters. The molecule has 6 nitrogen and oxygen atoms in total. The number of nitrogens with one attached hydrogen (secondary N) is 1. The van der Waals surface area contributed by atoms with Crippen LogP contribution in [0.2, 0.25) is 0 Å². The molecule has 1 aliphatic rings. The van der Waals surface area contributed by atoms with Crippen molar-refractivity contribution in [1.29, 1.82) is 0 Å². The molecule has 134 valence electrons. The minimum Gasteiger partial charge on any atom is -0.376 e. The van der Waals surface area contributed by atoms with Gasteiger partial charge in [-0.1, -0.05) is 30.3 Å². The van der Waals surface area contributed by atoms with Gasteiger partial charge in [-0.25, -0.2) is 4.98 Å². The van der Waals surface area contributed by atoms with Crippen molar-refractivity contribution in [2.75, 3.05) is 18.5 Å². The third-order valence-electron chi connectivity index (χ3n) is 4.32. The number of hydrogen-bond donors (Lipinski definition) is 1. The Morgan fingerprint density at radius 2 is 2.24 bits per heavy atom. The van der Waals surface area contributed by atoms with Crippen LogP contribution in [-0.2, 0) is 20.8 Å². The van der Waals surface area contributed by atoms with Crippen LogP contribution in [0, 0.1) is 0 Å². The maximum Gasteiger partial charge on any atom is 0.255 e. The number of aromatic nitrogens is 2. The van der Waals surface area contributed by atoms with E-state index in [1.807, 2.05) is 41.1 Å². The molecule has 0 aliphatic carbocycles. The summed E-state index contributed by atoms with van der Waals surface area (Å²) in [5.74, 6) is 0.328. The van der Waals surface area contributed by atoms with E-state index in [-0.39, 0.29) is 12.0 Å². The minimum atomic E-state index is -0.549. The van der Waals surface area contributed by atoms with Crippen molar-refractivity contribution in [3.63, 3.8) is 0 Å². The maximum absolute atomic E-state index is 12.4. The fourth-order valence-electron chi connectivity index (χ4n) is 2.82. The van der Waals surface area contributed by atoms with Gasteiger partial charge in [-0.15, -0.1) is 0 Å². The van der Waals surface area contributed by atoms with Crippen molar-refractivity contribution in [3.05, 3.63) is 48.3 Å². The van der Waals surface area contributed by atoms with Gasteiger partial charge in [0.2, 0.25) is 5.95 Å². The van der Waals surface area contributed by atoms with E-state index >= 15 is 0 Å². The number of carbonyl (C=O) groups is 1. The SMILES string of the molecule is CC(OCC1CCCCO1)C(=O)Nc1nccn1Cc1ccccc1. The first kappa shape index (κ1) is 17.6. The topological polar surface area (TPSA) is 65.4 Å². The van der Waals surface area contributed by atoms with Crippen LogP contribution in [0.1, 0.15) is 31.7 Å². The van der Waals surface area contributed by atoms with Crippen LogP contribution in [0.25, 0.3) is 0 Å². The van der Waals surface area contributed by atoms with Gasteiger partial charge in [0, 0.05) is 19.0 Å². The summed E-state index contributed by atoms with van der Waals surface area (Å²) in [7, 11) is 0. The third-order valence-corrected chi connectivity index (χ3v) is 4.32. The van der Waals surface area contributed by atoms with Gasteiger partial charge in [-0.3, -0.25) is 10.1 Å². The van der Waals surface area contributed by atoms with Gasteiger partial charge in [0.25, 0.3) is 5.91 Å². The molecule has 0 radical (unpaired) electrons. The Labute approximate surface area is 148 Å². The van der Waals surface area contributed by atoms with Gasteiger partial charge in [-0.2, -0.15) is 0 Å². The summed E-state index contributed by atoms with van der Waals surface area (Å²) < 4.78 is 13.2. The highest BCUT2D eigenvalue weighted by atomic mass is 16.5. The molecule has 6 heteroatoms. The molecule has 1 aliphatic heterocycles. The molecule has 2 atom stereocenters. The molecular weight excluding hydrogens is 318 g/mol. The Kier molecular flexibility index (Phi) is 6.19. The van der Waals surface area contributed by atoms with Crippen molar-refractivity contribution in [2.24, 2.45) is 0 Å². The second kappa shape index (κ2) is 8.78. The minimum absolute atomic E-state index is 0.101. The molecule has 2 aromatic rings. The normalized spacial score (nSPS) is 18.7. The van der Waals surface area contributed by atoms with Crippen molar-refractivity contribution in [2.45, 2.75) is 44.9 Å². The summed E-state index contributed by atoms with van der Waals surface area (Å²) in [4.78, 5) is 16.6. The van der Waals surface area contributed by atoms with Gasteiger partial charge < -0.3 is 14.0 Å². The zero-order valence-corrected chi connectivity index (χ0v) is 14.6. The molecule has 0 bridgehead atoms. The summed E-state index contributed by atoms with van der Waals surface area (Å²) >= 11 is 0. The van der Waals surface area contributed by atoms with Gasteiger partial charge >= 0.3 is 0 Å². The van der Waals surface area contributed by atoms with Crippen LogP contribution in [-0.4, -0.2) is 40.9 Å². The number of ether oxygens (including phenoxy) is 2. The highest BCUT2D eigenvalue weighted by Gasteiger charge is 2.20. The first-order valence-electron chi connectivity index (χ1n) is 8.81. The number of carbonyl (C=O) groups excluding carboxylic acids is 1. The summed E-state index contributed by atoms with van der Waals surface area (Å²) in [6.07, 6.45) is 6.35. The fraction of sp³-hybridized carbons (Fsp3) is 0.474. The summed E-state index contributed by atoms with van der Waals surface area (Å²) in [6.45, 7) is 3.64. The summed E-state index contributed by atoms with van der Waals surface area (Å²) in [5.41, 5.74) is 1.15. The van der Waals surface area contributed by atoms with Crippen LogP contribution >= 0.6 is 0 Å². The smallest absolute Gasteiger partial charge is 0.255 e. The van der Waals surface area contributed by atoms with Gasteiger partial charge in [0.15, 0.2) is 0 Å². The molecule has 1 aromatic heterocycles. The van der Waals surface area contributed by atoms with Crippen LogP contribution in [0.5, 0.6) is 0 Å². The van der Waals surface area contributed by atoms with E-state index in [4.69, 9.17) is 9.47 Å². The molecule has 0 saturated carbocycles. The zero-order valence-electron chi connectivity index (χ0n) is 14.6. The van der Waals surface area contributed by atoms with Crippen molar-refractivity contribution < 1.29 is 14.3 Å². The van der Waals surface area contributed by atoms with E-state index in [9.17, 15) is 4.79 Å². The quantitative estimate of drug-likeness (QED) is 0.839. The van der Waals surface area contributed by atoms with Crippen molar-refractivity contribution in [1.82, 2.24) is 9.55 Å². The average molecular weight is 343 g/mol. The lowest BCUT2D eigenvalue weighted by Gasteiger charge is -2.23. The van der Waals surface area contributed by atoms with E-state index in [1.165, 1.54) is 0 Å². The molecule has 2 heterocycles. The number of imidazole rings is 1. The molecule has 1 amide bonds. The number of anilines is 1. The fourth-order valence-corrected chi connectivity index (χ4v) is 2.82. The lowest BCUT2D eigenvalue weighted by Crippen LogP contribution is -2.33. The van der Waals surface area contributed by atoms with Gasteiger partial charge in [-0.05, 0) is 31.7 Å². The number of benzene rings is 1. The van der Waals surface area contributed by atoms with Crippen LogP contribution in [0.4, 0.5) is 5.95 Å². The Balaban J connectivity index is 1.51.